The number of benzene rings is 2. The zero-order valence-corrected chi connectivity index (χ0v) is 23.0. The number of hydrogen-bond acceptors (Lipinski definition) is 10. The van der Waals surface area contributed by atoms with Gasteiger partial charge in [0.1, 0.15) is 35.9 Å². The fraction of sp³-hybridized carbons (Fsp3) is 0.296. The molecule has 1 aliphatic heterocycles. The van der Waals surface area contributed by atoms with E-state index < -0.39 is 6.04 Å². The molecule has 210 valence electrons. The van der Waals surface area contributed by atoms with Crippen molar-refractivity contribution in [1.29, 1.82) is 0 Å². The van der Waals surface area contributed by atoms with E-state index in [9.17, 15) is 9.59 Å². The van der Waals surface area contributed by atoms with Gasteiger partial charge in [-0.1, -0.05) is 23.4 Å². The van der Waals surface area contributed by atoms with Crippen LogP contribution in [0.15, 0.2) is 66.3 Å². The monoisotopic (exact) mass is 573 g/mol. The Kier molecular flexibility index (Phi) is 7.65. The normalized spacial score (nSPS) is 15.6. The van der Waals surface area contributed by atoms with Crippen LogP contribution in [0.25, 0.3) is 16.7 Å². The van der Waals surface area contributed by atoms with Crippen LogP contribution in [0.1, 0.15) is 23.8 Å². The molecule has 0 spiro atoms. The van der Waals surface area contributed by atoms with Gasteiger partial charge in [-0.15, -0.1) is 21.5 Å². The van der Waals surface area contributed by atoms with Gasteiger partial charge < -0.3 is 14.8 Å². The first-order valence-corrected chi connectivity index (χ1v) is 13.9. The largest absolute Gasteiger partial charge is 0.494 e. The fourth-order valence-electron chi connectivity index (χ4n) is 4.89. The molecule has 0 aliphatic carbocycles. The van der Waals surface area contributed by atoms with Gasteiger partial charge in [-0.3, -0.25) is 14.5 Å². The quantitative estimate of drug-likeness (QED) is 0.267. The molecule has 0 unspecified atom stereocenters. The molecule has 6 rings (SSSR count). The summed E-state index contributed by atoms with van der Waals surface area (Å²) in [5, 5.41) is 24.6. The highest BCUT2D eigenvalue weighted by Crippen LogP contribution is 2.35. The van der Waals surface area contributed by atoms with Crippen molar-refractivity contribution in [3.05, 3.63) is 71.2 Å². The summed E-state index contributed by atoms with van der Waals surface area (Å²) in [4.78, 5) is 30.3. The Morgan fingerprint density at radius 2 is 2.10 bits per heavy atom. The first-order valence-electron chi connectivity index (χ1n) is 13.1. The molecule has 41 heavy (non-hydrogen) atoms. The number of carbonyl (C=O) groups excluding carboxylic acids is 2. The number of nitrogens with zero attached hydrogens (tertiary/aromatic N) is 8. The van der Waals surface area contributed by atoms with E-state index in [2.05, 4.69) is 31.2 Å². The van der Waals surface area contributed by atoms with Crippen molar-refractivity contribution < 1.29 is 19.1 Å². The summed E-state index contributed by atoms with van der Waals surface area (Å²) < 4.78 is 14.4. The van der Waals surface area contributed by atoms with E-state index in [4.69, 9.17) is 9.47 Å². The standard InChI is InChI=1S/C27H27N9O4S/c1-39-23-14-18(10-11-22(23)35-17-29-31-33-35)36(25(37)16-34-21-8-3-2-7-20(21)30-32-34)26(24-9-5-13-41-24)27(38)28-15-19-6-4-12-40-19/h2-3,5,7-11,13-14,17,19,26H,4,6,12,15-16H2,1H3,(H,28,38)/t19-,26-/m0/s1. The Hall–Kier alpha value is -4.69. The lowest BCUT2D eigenvalue weighted by Gasteiger charge is -2.31. The van der Waals surface area contributed by atoms with Crippen LogP contribution in [0.5, 0.6) is 5.75 Å². The highest BCUT2D eigenvalue weighted by Gasteiger charge is 2.35. The van der Waals surface area contributed by atoms with E-state index in [0.717, 1.165) is 12.8 Å². The molecule has 1 aliphatic rings. The van der Waals surface area contributed by atoms with Gasteiger partial charge in [0.05, 0.1) is 18.7 Å². The first-order chi connectivity index (χ1) is 20.1. The van der Waals surface area contributed by atoms with Gasteiger partial charge in [-0.2, -0.15) is 4.68 Å². The predicted molar refractivity (Wildman–Crippen MR) is 150 cm³/mol. The van der Waals surface area contributed by atoms with Crippen LogP contribution < -0.4 is 15.0 Å². The lowest BCUT2D eigenvalue weighted by molar-refractivity contribution is -0.127. The number of amides is 2. The molecule has 2 aromatic carbocycles. The lowest BCUT2D eigenvalue weighted by Crippen LogP contribution is -2.46. The minimum atomic E-state index is -0.956. The van der Waals surface area contributed by atoms with Crippen molar-refractivity contribution in [2.75, 3.05) is 25.2 Å². The molecule has 3 aromatic heterocycles. The summed E-state index contributed by atoms with van der Waals surface area (Å²) in [7, 11) is 1.52. The van der Waals surface area contributed by atoms with Gasteiger partial charge in [0.15, 0.2) is 0 Å². The van der Waals surface area contributed by atoms with Gasteiger partial charge >= 0.3 is 0 Å². The first kappa shape index (κ1) is 26.5. The summed E-state index contributed by atoms with van der Waals surface area (Å²) in [6, 6.07) is 15.3. The van der Waals surface area contributed by atoms with Crippen molar-refractivity contribution in [3.63, 3.8) is 0 Å². The van der Waals surface area contributed by atoms with Crippen molar-refractivity contribution in [1.82, 2.24) is 40.5 Å². The maximum atomic E-state index is 14.2. The minimum absolute atomic E-state index is 0.0516. The molecule has 1 saturated heterocycles. The maximum Gasteiger partial charge on any atom is 0.249 e. The van der Waals surface area contributed by atoms with E-state index in [0.29, 0.717) is 46.2 Å². The molecule has 14 heteroatoms. The number of methoxy groups -OCH3 is 1. The lowest BCUT2D eigenvalue weighted by atomic mass is 10.1. The van der Waals surface area contributed by atoms with Crippen LogP contribution in [0, 0.1) is 0 Å². The Labute approximate surface area is 238 Å². The van der Waals surface area contributed by atoms with Crippen molar-refractivity contribution in [3.8, 4) is 11.4 Å². The molecular weight excluding hydrogens is 546 g/mol. The van der Waals surface area contributed by atoms with Crippen LogP contribution in [0.4, 0.5) is 5.69 Å². The third kappa shape index (κ3) is 5.51. The van der Waals surface area contributed by atoms with E-state index in [1.54, 1.807) is 18.2 Å². The molecule has 2 atom stereocenters. The number of aromatic nitrogens is 7. The Morgan fingerprint density at radius 3 is 2.85 bits per heavy atom. The Balaban J connectivity index is 1.40. The molecule has 0 saturated carbocycles. The molecule has 2 amide bonds. The molecule has 13 nitrogen and oxygen atoms in total. The SMILES string of the molecule is COc1cc(N(C(=O)Cn2nnc3ccccc32)[C@H](C(=O)NC[C@@H]2CCCO2)c2cccs2)ccc1-n1cnnn1. The average molecular weight is 574 g/mol. The maximum absolute atomic E-state index is 14.2. The van der Waals surface area contributed by atoms with E-state index in [-0.39, 0.29) is 24.5 Å². The smallest absolute Gasteiger partial charge is 0.249 e. The van der Waals surface area contributed by atoms with E-state index in [1.165, 1.54) is 39.0 Å². The number of nitrogens with one attached hydrogen (secondary N) is 1. The number of fused-ring (bicyclic) bond motifs is 1. The highest BCUT2D eigenvalue weighted by molar-refractivity contribution is 7.10. The molecule has 1 N–H and O–H groups in total. The fourth-order valence-corrected chi connectivity index (χ4v) is 5.70. The van der Waals surface area contributed by atoms with Gasteiger partial charge in [0.25, 0.3) is 0 Å². The van der Waals surface area contributed by atoms with Gasteiger partial charge in [-0.25, -0.2) is 4.68 Å². The summed E-state index contributed by atoms with van der Waals surface area (Å²) in [6.45, 7) is 0.898. The zero-order valence-electron chi connectivity index (χ0n) is 22.2. The molecular formula is C27H27N9O4S. The van der Waals surface area contributed by atoms with Crippen LogP contribution in [0.3, 0.4) is 0 Å². The van der Waals surface area contributed by atoms with Crippen LogP contribution in [0.2, 0.25) is 0 Å². The summed E-state index contributed by atoms with van der Waals surface area (Å²) in [5.74, 6) is -0.254. The van der Waals surface area contributed by atoms with E-state index in [1.807, 2.05) is 41.8 Å². The summed E-state index contributed by atoms with van der Waals surface area (Å²) in [5.41, 5.74) is 2.41. The van der Waals surface area contributed by atoms with Gasteiger partial charge in [0.2, 0.25) is 11.8 Å². The number of hydrogen-bond donors (Lipinski definition) is 1. The topological polar surface area (TPSA) is 142 Å². The molecule has 5 aromatic rings. The van der Waals surface area contributed by atoms with Gasteiger partial charge in [0, 0.05) is 29.8 Å². The van der Waals surface area contributed by atoms with Crippen molar-refractivity contribution in [2.24, 2.45) is 0 Å². The second kappa shape index (κ2) is 11.8. The number of anilines is 1. The van der Waals surface area contributed by atoms with Crippen LogP contribution in [-0.2, 0) is 20.9 Å². The number of tetrazole rings is 1. The third-order valence-corrected chi connectivity index (χ3v) is 7.78. The molecule has 4 heterocycles. The Bertz CT molecular complexity index is 1630. The minimum Gasteiger partial charge on any atom is -0.494 e. The average Bonchev–Trinajstić information content (AvgIpc) is 3.83. The van der Waals surface area contributed by atoms with Crippen molar-refractivity contribution in [2.45, 2.75) is 31.5 Å². The number of thiophene rings is 1. The molecule has 0 radical (unpaired) electrons. The van der Waals surface area contributed by atoms with Crippen LogP contribution >= 0.6 is 11.3 Å². The number of carbonyl (C=O) groups is 2. The van der Waals surface area contributed by atoms with Crippen molar-refractivity contribution >= 4 is 39.9 Å². The summed E-state index contributed by atoms with van der Waals surface area (Å²) in [6.07, 6.45) is 3.23. The second-order valence-corrected chi connectivity index (χ2v) is 10.4. The summed E-state index contributed by atoms with van der Waals surface area (Å²) >= 11 is 1.40. The number of rotatable bonds is 10. The third-order valence-electron chi connectivity index (χ3n) is 6.86. The zero-order chi connectivity index (χ0) is 28.2. The molecule has 1 fully saturated rings. The Morgan fingerprint density at radius 1 is 1.20 bits per heavy atom. The van der Waals surface area contributed by atoms with Crippen LogP contribution in [-0.4, -0.2) is 73.4 Å². The van der Waals surface area contributed by atoms with E-state index >= 15 is 0 Å². The number of para-hydroxylation sites is 1. The highest BCUT2D eigenvalue weighted by atomic mass is 32.1. The number of ether oxygens (including phenoxy) is 2. The second-order valence-electron chi connectivity index (χ2n) is 9.41. The molecule has 0 bridgehead atoms. The van der Waals surface area contributed by atoms with Gasteiger partial charge in [-0.05, 0) is 59.0 Å². The predicted octanol–water partition coefficient (Wildman–Crippen LogP) is 2.55.